The topological polar surface area (TPSA) is 96.0 Å². The van der Waals surface area contributed by atoms with Gasteiger partial charge in [0.25, 0.3) is 0 Å². The second-order valence-corrected chi connectivity index (χ2v) is 10.5. The molecule has 0 saturated carbocycles. The fraction of sp³-hybridized carbons (Fsp3) is 0.440. The van der Waals surface area contributed by atoms with Crippen molar-refractivity contribution in [3.05, 3.63) is 59.1 Å². The van der Waals surface area contributed by atoms with Crippen LogP contribution in [0.25, 0.3) is 0 Å². The molecule has 10 heteroatoms. The van der Waals surface area contributed by atoms with Crippen molar-refractivity contribution in [2.24, 2.45) is 0 Å². The van der Waals surface area contributed by atoms with Crippen molar-refractivity contribution in [2.45, 2.75) is 45.7 Å². The van der Waals surface area contributed by atoms with E-state index >= 15 is 0 Å². The Labute approximate surface area is 213 Å². The van der Waals surface area contributed by atoms with Crippen LogP contribution in [0.2, 0.25) is 5.02 Å². The van der Waals surface area contributed by atoms with Crippen molar-refractivity contribution in [3.63, 3.8) is 0 Å². The van der Waals surface area contributed by atoms with Gasteiger partial charge in [0.05, 0.1) is 19.1 Å². The Balaban J connectivity index is 2.21. The zero-order chi connectivity index (χ0) is 26.0. The molecule has 1 N–H and O–H groups in total. The molecule has 8 nitrogen and oxygen atoms in total. The molecule has 0 aliphatic rings. The first-order chi connectivity index (χ1) is 16.6. The summed E-state index contributed by atoms with van der Waals surface area (Å²) in [7, 11) is -1.99. The Kier molecular flexibility index (Phi) is 10.9. The third-order valence-corrected chi connectivity index (χ3v) is 6.94. The smallest absolute Gasteiger partial charge is 0.242 e. The Morgan fingerprint density at radius 2 is 1.80 bits per heavy atom. The van der Waals surface area contributed by atoms with E-state index in [1.54, 1.807) is 36.3 Å². The number of hydrogen-bond donors (Lipinski definition) is 1. The molecule has 0 radical (unpaired) electrons. The largest absolute Gasteiger partial charge is 0.497 e. The second kappa shape index (κ2) is 13.3. The van der Waals surface area contributed by atoms with Crippen molar-refractivity contribution in [1.29, 1.82) is 0 Å². The summed E-state index contributed by atoms with van der Waals surface area (Å²) in [6.07, 6.45) is 1.94. The van der Waals surface area contributed by atoms with Crippen molar-refractivity contribution in [1.82, 2.24) is 10.2 Å². The lowest BCUT2D eigenvalue weighted by molar-refractivity contribution is -0.141. The summed E-state index contributed by atoms with van der Waals surface area (Å²) in [6.45, 7) is 4.50. The first kappa shape index (κ1) is 28.5. The van der Waals surface area contributed by atoms with Gasteiger partial charge in [0.15, 0.2) is 0 Å². The number of halogens is 1. The van der Waals surface area contributed by atoms with Gasteiger partial charge in [0.1, 0.15) is 11.8 Å². The monoisotopic (exact) mass is 523 g/mol. The third kappa shape index (κ3) is 8.43. The van der Waals surface area contributed by atoms with Crippen molar-refractivity contribution in [3.8, 4) is 5.75 Å². The summed E-state index contributed by atoms with van der Waals surface area (Å²) < 4.78 is 31.3. The molecule has 2 amide bonds. The minimum absolute atomic E-state index is 0.0828. The van der Waals surface area contributed by atoms with Crippen molar-refractivity contribution < 1.29 is 22.7 Å². The zero-order valence-corrected chi connectivity index (χ0v) is 22.2. The van der Waals surface area contributed by atoms with E-state index in [1.165, 1.54) is 4.31 Å². The number of anilines is 1. The number of nitrogens with one attached hydrogen (secondary N) is 1. The fourth-order valence-electron chi connectivity index (χ4n) is 3.79. The predicted molar refractivity (Wildman–Crippen MR) is 139 cm³/mol. The minimum Gasteiger partial charge on any atom is -0.497 e. The summed E-state index contributed by atoms with van der Waals surface area (Å²) in [5.74, 6) is 0.216. The molecule has 0 aromatic heterocycles. The van der Waals surface area contributed by atoms with E-state index in [0.29, 0.717) is 29.4 Å². The molecule has 0 aliphatic heterocycles. The Morgan fingerprint density at radius 1 is 1.11 bits per heavy atom. The summed E-state index contributed by atoms with van der Waals surface area (Å²) >= 11 is 5.93. The van der Waals surface area contributed by atoms with E-state index in [0.717, 1.165) is 11.8 Å². The van der Waals surface area contributed by atoms with Crippen LogP contribution in [0.4, 0.5) is 5.69 Å². The molecular weight excluding hydrogens is 490 g/mol. The highest BCUT2D eigenvalue weighted by molar-refractivity contribution is 7.92. The number of hydrogen-bond acceptors (Lipinski definition) is 5. The molecule has 1 atom stereocenters. The van der Waals surface area contributed by atoms with Crippen molar-refractivity contribution in [2.75, 3.05) is 30.8 Å². The van der Waals surface area contributed by atoms with Gasteiger partial charge in [-0.2, -0.15) is 0 Å². The highest BCUT2D eigenvalue weighted by atomic mass is 35.5. The van der Waals surface area contributed by atoms with Gasteiger partial charge in [-0.3, -0.25) is 13.9 Å². The lowest BCUT2D eigenvalue weighted by Crippen LogP contribution is -2.49. The minimum atomic E-state index is -3.56. The van der Waals surface area contributed by atoms with Gasteiger partial charge in [-0.1, -0.05) is 30.7 Å². The molecule has 0 saturated heterocycles. The highest BCUT2D eigenvalue weighted by Crippen LogP contribution is 2.22. The van der Waals surface area contributed by atoms with Gasteiger partial charge in [0.2, 0.25) is 21.8 Å². The van der Waals surface area contributed by atoms with Crippen LogP contribution in [0.15, 0.2) is 48.5 Å². The Bertz CT molecular complexity index is 1090. The molecular formula is C25H34ClN3O5S. The number of methoxy groups -OCH3 is 1. The van der Waals surface area contributed by atoms with E-state index in [1.807, 2.05) is 38.1 Å². The van der Waals surface area contributed by atoms with Crippen LogP contribution in [-0.4, -0.2) is 57.6 Å². The van der Waals surface area contributed by atoms with Gasteiger partial charge in [0, 0.05) is 31.1 Å². The van der Waals surface area contributed by atoms with Crippen LogP contribution < -0.4 is 14.4 Å². The van der Waals surface area contributed by atoms with Gasteiger partial charge in [-0.15, -0.1) is 0 Å². The Morgan fingerprint density at radius 3 is 2.37 bits per heavy atom. The summed E-state index contributed by atoms with van der Waals surface area (Å²) in [4.78, 5) is 27.6. The molecule has 0 aliphatic carbocycles. The first-order valence-corrected chi connectivity index (χ1v) is 13.8. The number of carbonyl (C=O) groups is 2. The first-order valence-electron chi connectivity index (χ1n) is 11.5. The molecule has 2 aromatic rings. The number of amides is 2. The van der Waals surface area contributed by atoms with Gasteiger partial charge in [-0.25, -0.2) is 8.42 Å². The van der Waals surface area contributed by atoms with E-state index in [-0.39, 0.29) is 37.7 Å². The standard InChI is InChI=1S/C25H34ClN3O5S/c1-5-23(25(31)27-6-2)28(18-19-9-7-10-22(17-19)34-3)24(30)11-8-16-29(35(4,32)33)21-14-12-20(26)13-15-21/h7,9-10,12-15,17,23H,5-6,8,11,16,18H2,1-4H3,(H,27,31). The van der Waals surface area contributed by atoms with Crippen LogP contribution in [0.1, 0.15) is 38.7 Å². The van der Waals surface area contributed by atoms with Gasteiger partial charge >= 0.3 is 0 Å². The number of likely N-dealkylation sites (N-methyl/N-ethyl adjacent to an activating group) is 1. The normalized spacial score (nSPS) is 12.0. The van der Waals surface area contributed by atoms with E-state index in [2.05, 4.69) is 5.32 Å². The SMILES string of the molecule is CCNC(=O)C(CC)N(Cc1cccc(OC)c1)C(=O)CCCN(c1ccc(Cl)cc1)S(C)(=O)=O. The molecule has 0 heterocycles. The van der Waals surface area contributed by atoms with E-state index in [4.69, 9.17) is 16.3 Å². The molecule has 1 unspecified atom stereocenters. The number of nitrogens with zero attached hydrogens (tertiary/aromatic N) is 2. The van der Waals surface area contributed by atoms with E-state index < -0.39 is 16.1 Å². The van der Waals surface area contributed by atoms with E-state index in [9.17, 15) is 18.0 Å². The van der Waals surface area contributed by atoms with Crippen LogP contribution in [0.5, 0.6) is 5.75 Å². The molecule has 2 rings (SSSR count). The molecule has 0 spiro atoms. The maximum absolute atomic E-state index is 13.4. The van der Waals surface area contributed by atoms with Crippen LogP contribution in [0.3, 0.4) is 0 Å². The third-order valence-electron chi connectivity index (χ3n) is 5.49. The van der Waals surface area contributed by atoms with Crippen LogP contribution in [0, 0.1) is 0 Å². The number of rotatable bonds is 13. The fourth-order valence-corrected chi connectivity index (χ4v) is 4.88. The predicted octanol–water partition coefficient (Wildman–Crippen LogP) is 3.84. The van der Waals surface area contributed by atoms with Gasteiger partial charge < -0.3 is 15.0 Å². The second-order valence-electron chi connectivity index (χ2n) is 8.11. The molecule has 0 bridgehead atoms. The molecule has 35 heavy (non-hydrogen) atoms. The molecule has 0 fully saturated rings. The Hall–Kier alpha value is -2.78. The lowest BCUT2D eigenvalue weighted by atomic mass is 10.1. The average Bonchev–Trinajstić information content (AvgIpc) is 2.82. The van der Waals surface area contributed by atoms with Crippen molar-refractivity contribution >= 4 is 39.1 Å². The highest BCUT2D eigenvalue weighted by Gasteiger charge is 2.28. The van der Waals surface area contributed by atoms with Gasteiger partial charge in [-0.05, 0) is 61.7 Å². The number of carbonyl (C=O) groups excluding carboxylic acids is 2. The maximum atomic E-state index is 13.4. The zero-order valence-electron chi connectivity index (χ0n) is 20.7. The van der Waals surface area contributed by atoms with Crippen LogP contribution >= 0.6 is 11.6 Å². The summed E-state index contributed by atoms with van der Waals surface area (Å²) in [5, 5.41) is 3.31. The maximum Gasteiger partial charge on any atom is 0.242 e. The lowest BCUT2D eigenvalue weighted by Gasteiger charge is -2.31. The van der Waals surface area contributed by atoms with Crippen LogP contribution in [-0.2, 0) is 26.2 Å². The number of sulfonamides is 1. The summed E-state index contributed by atoms with van der Waals surface area (Å²) in [5.41, 5.74) is 1.31. The molecule has 192 valence electrons. The number of ether oxygens (including phenoxy) is 1. The summed E-state index contributed by atoms with van der Waals surface area (Å²) in [6, 6.07) is 13.2. The average molecular weight is 524 g/mol. The molecule has 2 aromatic carbocycles. The number of benzene rings is 2. The quantitative estimate of drug-likeness (QED) is 0.430.